The van der Waals surface area contributed by atoms with E-state index >= 15 is 0 Å². The van der Waals surface area contributed by atoms with Crippen LogP contribution in [0.2, 0.25) is 0 Å². The zero-order chi connectivity index (χ0) is 15.1. The minimum atomic E-state index is 0.199. The Labute approximate surface area is 128 Å². The molecule has 2 aromatic rings. The lowest BCUT2D eigenvalue weighted by molar-refractivity contribution is 0.161. The molecule has 1 N–H and O–H groups in total. The monoisotopic (exact) mass is 310 g/mol. The highest BCUT2D eigenvalue weighted by atomic mass is 32.1. The van der Waals surface area contributed by atoms with Crippen molar-refractivity contribution in [1.29, 1.82) is 0 Å². The molecule has 0 radical (unpaired) electrons. The van der Waals surface area contributed by atoms with Crippen molar-refractivity contribution < 1.29 is 9.26 Å². The molecular weight excluding hydrogens is 288 g/mol. The van der Waals surface area contributed by atoms with Crippen LogP contribution in [0.25, 0.3) is 0 Å². The average Bonchev–Trinajstić information content (AvgIpc) is 3.06. The van der Waals surface area contributed by atoms with E-state index in [9.17, 15) is 0 Å². The van der Waals surface area contributed by atoms with E-state index in [4.69, 9.17) is 9.26 Å². The zero-order valence-corrected chi connectivity index (χ0v) is 13.6. The number of rotatable bonds is 9. The first kappa shape index (κ1) is 16.1. The Morgan fingerprint density at radius 2 is 2.29 bits per heavy atom. The molecule has 1 unspecified atom stereocenters. The van der Waals surface area contributed by atoms with Gasteiger partial charge in [0.1, 0.15) is 0 Å². The van der Waals surface area contributed by atoms with Crippen LogP contribution in [0.15, 0.2) is 9.90 Å². The van der Waals surface area contributed by atoms with Crippen LogP contribution >= 0.6 is 11.3 Å². The predicted octanol–water partition coefficient (Wildman–Crippen LogP) is 1.98. The molecule has 0 bridgehead atoms. The Kier molecular flexibility index (Phi) is 6.28. The van der Waals surface area contributed by atoms with Crippen LogP contribution in [0.1, 0.15) is 35.8 Å². The molecule has 6 nitrogen and oxygen atoms in total. The van der Waals surface area contributed by atoms with Gasteiger partial charge in [0, 0.05) is 25.0 Å². The number of nitrogens with one attached hydrogen (secondary N) is 1. The molecule has 2 rings (SSSR count). The SMILES string of the molecule is CCCNC(COC)Cc1nc(Cc2csc(C)n2)no1. The van der Waals surface area contributed by atoms with Crippen molar-refractivity contribution in [3.05, 3.63) is 27.8 Å². The molecule has 0 saturated carbocycles. The third-order valence-electron chi connectivity index (χ3n) is 2.99. The normalized spacial score (nSPS) is 12.7. The van der Waals surface area contributed by atoms with E-state index in [0.717, 1.165) is 23.7 Å². The number of nitrogens with zero attached hydrogens (tertiary/aromatic N) is 3. The Morgan fingerprint density at radius 3 is 2.95 bits per heavy atom. The average molecular weight is 310 g/mol. The van der Waals surface area contributed by atoms with Crippen LogP contribution in [0.3, 0.4) is 0 Å². The first-order valence-corrected chi connectivity index (χ1v) is 8.04. The van der Waals surface area contributed by atoms with Gasteiger partial charge < -0.3 is 14.6 Å². The van der Waals surface area contributed by atoms with Gasteiger partial charge in [-0.15, -0.1) is 11.3 Å². The highest BCUT2D eigenvalue weighted by Gasteiger charge is 2.14. The van der Waals surface area contributed by atoms with E-state index in [1.165, 1.54) is 0 Å². The second kappa shape index (κ2) is 8.21. The van der Waals surface area contributed by atoms with E-state index in [2.05, 4.69) is 27.4 Å². The van der Waals surface area contributed by atoms with Gasteiger partial charge >= 0.3 is 0 Å². The van der Waals surface area contributed by atoms with Crippen LogP contribution in [0, 0.1) is 6.92 Å². The van der Waals surface area contributed by atoms with Crippen LogP contribution in [0.5, 0.6) is 0 Å². The summed E-state index contributed by atoms with van der Waals surface area (Å²) in [5, 5.41) is 10.5. The topological polar surface area (TPSA) is 73.1 Å². The lowest BCUT2D eigenvalue weighted by Crippen LogP contribution is -2.35. The zero-order valence-electron chi connectivity index (χ0n) is 12.8. The number of hydrogen-bond donors (Lipinski definition) is 1. The van der Waals surface area contributed by atoms with Crippen LogP contribution in [-0.4, -0.2) is 41.4 Å². The number of methoxy groups -OCH3 is 1. The fourth-order valence-electron chi connectivity index (χ4n) is 2.05. The minimum Gasteiger partial charge on any atom is -0.383 e. The summed E-state index contributed by atoms with van der Waals surface area (Å²) in [6.45, 7) is 5.71. The summed E-state index contributed by atoms with van der Waals surface area (Å²) < 4.78 is 10.5. The molecule has 0 aromatic carbocycles. The molecule has 0 aliphatic heterocycles. The molecule has 0 aliphatic carbocycles. The minimum absolute atomic E-state index is 0.199. The standard InChI is InChI=1S/C14H22N4O2S/c1-4-5-15-11(8-19-3)7-14-17-13(18-20-14)6-12-9-21-10(2)16-12/h9,11,15H,4-8H2,1-3H3. The first-order valence-electron chi connectivity index (χ1n) is 7.16. The van der Waals surface area contributed by atoms with Gasteiger partial charge in [-0.25, -0.2) is 4.98 Å². The molecular formula is C14H22N4O2S. The molecule has 2 heterocycles. The molecule has 0 aliphatic rings. The molecule has 21 heavy (non-hydrogen) atoms. The summed E-state index contributed by atoms with van der Waals surface area (Å²) in [6.07, 6.45) is 2.38. The Bertz CT molecular complexity index is 541. The Morgan fingerprint density at radius 1 is 1.43 bits per heavy atom. The number of ether oxygens (including phenoxy) is 1. The fourth-order valence-corrected chi connectivity index (χ4v) is 2.66. The molecule has 0 fully saturated rings. The lowest BCUT2D eigenvalue weighted by Gasteiger charge is -2.15. The Hall–Kier alpha value is -1.31. The first-order chi connectivity index (χ1) is 10.2. The van der Waals surface area contributed by atoms with Gasteiger partial charge in [0.05, 0.1) is 23.7 Å². The highest BCUT2D eigenvalue weighted by Crippen LogP contribution is 2.12. The molecule has 2 aromatic heterocycles. The van der Waals surface area contributed by atoms with E-state index in [1.807, 2.05) is 12.3 Å². The van der Waals surface area contributed by atoms with Crippen LogP contribution in [-0.2, 0) is 17.6 Å². The molecule has 0 saturated heterocycles. The summed E-state index contributed by atoms with van der Waals surface area (Å²) in [5.74, 6) is 1.32. The van der Waals surface area contributed by atoms with Crippen molar-refractivity contribution in [1.82, 2.24) is 20.4 Å². The fraction of sp³-hybridized carbons (Fsp3) is 0.643. The lowest BCUT2D eigenvalue weighted by atomic mass is 10.2. The van der Waals surface area contributed by atoms with Gasteiger partial charge in [0.25, 0.3) is 0 Å². The number of aromatic nitrogens is 3. The summed E-state index contributed by atoms with van der Waals surface area (Å²) in [7, 11) is 1.70. The number of hydrogen-bond acceptors (Lipinski definition) is 7. The van der Waals surface area contributed by atoms with E-state index in [1.54, 1.807) is 18.4 Å². The maximum absolute atomic E-state index is 5.32. The van der Waals surface area contributed by atoms with E-state index in [-0.39, 0.29) is 6.04 Å². The van der Waals surface area contributed by atoms with Crippen molar-refractivity contribution in [2.75, 3.05) is 20.3 Å². The summed E-state index contributed by atoms with van der Waals surface area (Å²) in [6, 6.07) is 0.199. The molecule has 0 spiro atoms. The van der Waals surface area contributed by atoms with Crippen LogP contribution < -0.4 is 5.32 Å². The molecule has 7 heteroatoms. The van der Waals surface area contributed by atoms with Crippen molar-refractivity contribution in [3.63, 3.8) is 0 Å². The van der Waals surface area contributed by atoms with Crippen molar-refractivity contribution in [3.8, 4) is 0 Å². The largest absolute Gasteiger partial charge is 0.383 e. The quantitative estimate of drug-likeness (QED) is 0.763. The molecule has 1 atom stereocenters. The smallest absolute Gasteiger partial charge is 0.228 e. The molecule has 116 valence electrons. The second-order valence-electron chi connectivity index (χ2n) is 4.95. The predicted molar refractivity (Wildman–Crippen MR) is 81.6 cm³/mol. The second-order valence-corrected chi connectivity index (χ2v) is 6.01. The van der Waals surface area contributed by atoms with Crippen molar-refractivity contribution in [2.45, 2.75) is 39.2 Å². The third kappa shape index (κ3) is 5.18. The Balaban J connectivity index is 1.91. The van der Waals surface area contributed by atoms with E-state index < -0.39 is 0 Å². The van der Waals surface area contributed by atoms with Gasteiger partial charge in [0.2, 0.25) is 5.89 Å². The van der Waals surface area contributed by atoms with Gasteiger partial charge in [-0.1, -0.05) is 12.1 Å². The van der Waals surface area contributed by atoms with Crippen molar-refractivity contribution in [2.24, 2.45) is 0 Å². The van der Waals surface area contributed by atoms with Gasteiger partial charge in [-0.2, -0.15) is 4.98 Å². The highest BCUT2D eigenvalue weighted by molar-refractivity contribution is 7.09. The van der Waals surface area contributed by atoms with Gasteiger partial charge in [-0.05, 0) is 19.9 Å². The third-order valence-corrected chi connectivity index (χ3v) is 3.81. The molecule has 0 amide bonds. The van der Waals surface area contributed by atoms with Crippen molar-refractivity contribution >= 4 is 11.3 Å². The summed E-state index contributed by atoms with van der Waals surface area (Å²) in [4.78, 5) is 8.85. The summed E-state index contributed by atoms with van der Waals surface area (Å²) in [5.41, 5.74) is 0.988. The van der Waals surface area contributed by atoms with Gasteiger partial charge in [0.15, 0.2) is 5.82 Å². The van der Waals surface area contributed by atoms with Gasteiger partial charge in [-0.3, -0.25) is 0 Å². The van der Waals surface area contributed by atoms with Crippen LogP contribution in [0.4, 0.5) is 0 Å². The number of aryl methyl sites for hydroxylation is 1. The van der Waals surface area contributed by atoms with E-state index in [0.29, 0.717) is 31.2 Å². The summed E-state index contributed by atoms with van der Waals surface area (Å²) >= 11 is 1.63. The maximum atomic E-state index is 5.32. The maximum Gasteiger partial charge on any atom is 0.228 e. The number of thiazole rings is 1.